The normalized spacial score (nSPS) is 11.1. The van der Waals surface area contributed by atoms with Crippen molar-refractivity contribution in [3.05, 3.63) is 90.0 Å². The molecule has 27 heavy (non-hydrogen) atoms. The zero-order valence-corrected chi connectivity index (χ0v) is 14.6. The summed E-state index contributed by atoms with van der Waals surface area (Å²) in [7, 11) is 0. The molecule has 0 aliphatic carbocycles. The van der Waals surface area contributed by atoms with Crippen molar-refractivity contribution in [3.63, 3.8) is 0 Å². The molecule has 5 nitrogen and oxygen atoms in total. The molecule has 0 atom stereocenters. The number of amides is 2. The molecule has 3 aromatic rings. The number of carbonyl (C=O) groups excluding carboxylic acids is 2. The lowest BCUT2D eigenvalue weighted by molar-refractivity contribution is -0.120. The number of nitrogens with one attached hydrogen (secondary N) is 2. The first-order chi connectivity index (χ1) is 13.2. The third kappa shape index (κ3) is 5.12. The van der Waals surface area contributed by atoms with Gasteiger partial charge in [0.1, 0.15) is 0 Å². The number of hydrazone groups is 1. The topological polar surface area (TPSA) is 70.6 Å². The van der Waals surface area contributed by atoms with Crippen LogP contribution in [0.2, 0.25) is 0 Å². The van der Waals surface area contributed by atoms with Gasteiger partial charge in [0.15, 0.2) is 0 Å². The minimum absolute atomic E-state index is 0.151. The Balaban J connectivity index is 1.49. The maximum absolute atomic E-state index is 12.4. The van der Waals surface area contributed by atoms with E-state index < -0.39 is 5.91 Å². The Morgan fingerprint density at radius 1 is 0.889 bits per heavy atom. The van der Waals surface area contributed by atoms with Crippen molar-refractivity contribution < 1.29 is 9.59 Å². The molecule has 0 radical (unpaired) electrons. The predicted octanol–water partition coefficient (Wildman–Crippen LogP) is 3.39. The molecular formula is C22H19N3O2. The van der Waals surface area contributed by atoms with Crippen LogP contribution >= 0.6 is 0 Å². The van der Waals surface area contributed by atoms with E-state index in [9.17, 15) is 9.59 Å². The Morgan fingerprint density at radius 3 is 2.48 bits per heavy atom. The fraction of sp³-hybridized carbons (Fsp3) is 0.0455. The monoisotopic (exact) mass is 357 g/mol. The van der Waals surface area contributed by atoms with Gasteiger partial charge < -0.3 is 5.32 Å². The summed E-state index contributed by atoms with van der Waals surface area (Å²) in [5.74, 6) is -0.692. The summed E-state index contributed by atoms with van der Waals surface area (Å²) in [5, 5.41) is 8.26. The van der Waals surface area contributed by atoms with Gasteiger partial charge in [0.25, 0.3) is 11.8 Å². The highest BCUT2D eigenvalue weighted by Crippen LogP contribution is 2.18. The van der Waals surface area contributed by atoms with Gasteiger partial charge in [0.2, 0.25) is 0 Å². The van der Waals surface area contributed by atoms with Crippen molar-refractivity contribution in [3.8, 4) is 0 Å². The number of allylic oxidation sites excluding steroid dienone is 1. The Kier molecular flexibility index (Phi) is 6.09. The minimum Gasteiger partial charge on any atom is -0.343 e. The molecule has 0 bridgehead atoms. The van der Waals surface area contributed by atoms with Crippen molar-refractivity contribution in [1.29, 1.82) is 0 Å². The third-order valence-corrected chi connectivity index (χ3v) is 3.88. The fourth-order valence-electron chi connectivity index (χ4n) is 2.59. The SMILES string of the molecule is O=C(CNC(=O)c1cccc2ccccc12)N/N=C/C=C/c1ccccc1. The molecule has 0 aliphatic rings. The van der Waals surface area contributed by atoms with E-state index in [0.29, 0.717) is 5.56 Å². The van der Waals surface area contributed by atoms with E-state index in [1.54, 1.807) is 12.1 Å². The molecule has 0 unspecified atom stereocenters. The van der Waals surface area contributed by atoms with E-state index in [1.165, 1.54) is 6.21 Å². The minimum atomic E-state index is -0.395. The average Bonchev–Trinajstić information content (AvgIpc) is 2.72. The molecule has 0 aliphatic heterocycles. The van der Waals surface area contributed by atoms with Crippen LogP contribution in [0.3, 0.4) is 0 Å². The lowest BCUT2D eigenvalue weighted by Gasteiger charge is -2.07. The molecular weight excluding hydrogens is 338 g/mol. The van der Waals surface area contributed by atoms with Gasteiger partial charge in [0.05, 0.1) is 6.54 Å². The van der Waals surface area contributed by atoms with Crippen LogP contribution in [0, 0.1) is 0 Å². The molecule has 0 spiro atoms. The summed E-state index contributed by atoms with van der Waals surface area (Å²) in [6, 6.07) is 22.9. The predicted molar refractivity (Wildman–Crippen MR) is 108 cm³/mol. The molecule has 0 saturated carbocycles. The summed E-state index contributed by atoms with van der Waals surface area (Å²) >= 11 is 0. The van der Waals surface area contributed by atoms with Crippen molar-refractivity contribution in [1.82, 2.24) is 10.7 Å². The van der Waals surface area contributed by atoms with Crippen LogP contribution in [0.25, 0.3) is 16.8 Å². The van der Waals surface area contributed by atoms with Gasteiger partial charge in [-0.3, -0.25) is 9.59 Å². The highest BCUT2D eigenvalue weighted by Gasteiger charge is 2.10. The van der Waals surface area contributed by atoms with E-state index in [0.717, 1.165) is 16.3 Å². The van der Waals surface area contributed by atoms with Crippen LogP contribution in [-0.2, 0) is 4.79 Å². The lowest BCUT2D eigenvalue weighted by Crippen LogP contribution is -2.34. The van der Waals surface area contributed by atoms with Gasteiger partial charge in [-0.1, -0.05) is 72.8 Å². The number of benzene rings is 3. The Hall–Kier alpha value is -3.73. The van der Waals surface area contributed by atoms with Crippen molar-refractivity contribution >= 4 is 34.9 Å². The molecule has 5 heteroatoms. The third-order valence-electron chi connectivity index (χ3n) is 3.88. The van der Waals surface area contributed by atoms with E-state index in [2.05, 4.69) is 15.8 Å². The molecule has 0 saturated heterocycles. The molecule has 2 amide bonds. The molecule has 134 valence electrons. The molecule has 0 aromatic heterocycles. The second-order valence-corrected chi connectivity index (χ2v) is 5.79. The van der Waals surface area contributed by atoms with Gasteiger partial charge in [-0.2, -0.15) is 5.10 Å². The lowest BCUT2D eigenvalue weighted by atomic mass is 10.0. The maximum atomic E-state index is 12.4. The smallest absolute Gasteiger partial charge is 0.259 e. The summed E-state index contributed by atoms with van der Waals surface area (Å²) in [6.07, 6.45) is 5.08. The van der Waals surface area contributed by atoms with Crippen molar-refractivity contribution in [2.75, 3.05) is 6.54 Å². The van der Waals surface area contributed by atoms with Crippen LogP contribution < -0.4 is 10.7 Å². The Morgan fingerprint density at radius 2 is 1.63 bits per heavy atom. The Labute approximate surface area is 157 Å². The quantitative estimate of drug-likeness (QED) is 0.524. The number of hydrogen-bond donors (Lipinski definition) is 2. The standard InChI is InChI=1S/C22H19N3O2/c26-21(25-24-15-7-10-17-8-2-1-3-9-17)16-23-22(27)20-14-6-12-18-11-4-5-13-19(18)20/h1-15H,16H2,(H,23,27)(H,25,26)/b10-7+,24-15+. The van der Waals surface area contributed by atoms with Gasteiger partial charge in [-0.25, -0.2) is 5.43 Å². The van der Waals surface area contributed by atoms with Gasteiger partial charge in [-0.15, -0.1) is 0 Å². The first kappa shape index (κ1) is 18.1. The highest BCUT2D eigenvalue weighted by molar-refractivity contribution is 6.07. The van der Waals surface area contributed by atoms with Crippen LogP contribution in [0.15, 0.2) is 84.0 Å². The van der Waals surface area contributed by atoms with Crippen molar-refractivity contribution in [2.24, 2.45) is 5.10 Å². The Bertz CT molecular complexity index is 989. The van der Waals surface area contributed by atoms with Crippen molar-refractivity contribution in [2.45, 2.75) is 0 Å². The largest absolute Gasteiger partial charge is 0.343 e. The maximum Gasteiger partial charge on any atom is 0.259 e. The molecule has 3 rings (SSSR count). The highest BCUT2D eigenvalue weighted by atomic mass is 16.2. The number of nitrogens with zero attached hydrogens (tertiary/aromatic N) is 1. The summed E-state index contributed by atoms with van der Waals surface area (Å²) in [4.78, 5) is 24.2. The first-order valence-electron chi connectivity index (χ1n) is 8.53. The van der Waals surface area contributed by atoms with Crippen LogP contribution in [0.1, 0.15) is 15.9 Å². The van der Waals surface area contributed by atoms with Gasteiger partial charge in [-0.05, 0) is 28.5 Å². The van der Waals surface area contributed by atoms with E-state index in [1.807, 2.05) is 72.8 Å². The summed E-state index contributed by atoms with van der Waals surface area (Å²) in [5.41, 5.74) is 3.95. The molecule has 0 heterocycles. The second kappa shape index (κ2) is 9.10. The van der Waals surface area contributed by atoms with Crippen LogP contribution in [0.5, 0.6) is 0 Å². The van der Waals surface area contributed by atoms with E-state index in [-0.39, 0.29) is 12.5 Å². The number of rotatable bonds is 6. The molecule has 0 fully saturated rings. The first-order valence-corrected chi connectivity index (χ1v) is 8.53. The van der Waals surface area contributed by atoms with Crippen LogP contribution in [-0.4, -0.2) is 24.6 Å². The zero-order chi connectivity index (χ0) is 18.9. The summed E-state index contributed by atoms with van der Waals surface area (Å²) in [6.45, 7) is -0.151. The van der Waals surface area contributed by atoms with Crippen LogP contribution in [0.4, 0.5) is 0 Å². The van der Waals surface area contributed by atoms with Gasteiger partial charge in [0, 0.05) is 11.8 Å². The average molecular weight is 357 g/mol. The van der Waals surface area contributed by atoms with E-state index in [4.69, 9.17) is 0 Å². The number of carbonyl (C=O) groups is 2. The zero-order valence-electron chi connectivity index (χ0n) is 14.6. The summed E-state index contributed by atoms with van der Waals surface area (Å²) < 4.78 is 0. The van der Waals surface area contributed by atoms with E-state index >= 15 is 0 Å². The second-order valence-electron chi connectivity index (χ2n) is 5.79. The number of fused-ring (bicyclic) bond motifs is 1. The fourth-order valence-corrected chi connectivity index (χ4v) is 2.59. The molecule has 3 aromatic carbocycles. The van der Waals surface area contributed by atoms with Gasteiger partial charge >= 0.3 is 0 Å². The number of hydrogen-bond acceptors (Lipinski definition) is 3. The molecule has 2 N–H and O–H groups in total.